The number of benzene rings is 1. The summed E-state index contributed by atoms with van der Waals surface area (Å²) in [5.74, 6) is 1.08. The van der Waals surface area contributed by atoms with Crippen molar-refractivity contribution in [2.24, 2.45) is 10.9 Å². The first-order valence-corrected chi connectivity index (χ1v) is 8.31. The molecule has 0 saturated carbocycles. The molecule has 134 valence electrons. The molecule has 0 spiro atoms. The van der Waals surface area contributed by atoms with Crippen molar-refractivity contribution in [2.45, 2.75) is 39.8 Å². The molecule has 1 fully saturated rings. The number of rotatable bonds is 4. The van der Waals surface area contributed by atoms with Gasteiger partial charge in [0, 0.05) is 38.6 Å². The second-order valence-corrected chi connectivity index (χ2v) is 6.48. The molecule has 1 heterocycles. The van der Waals surface area contributed by atoms with Crippen LogP contribution in [-0.4, -0.2) is 42.9 Å². The number of hydrogen-bond acceptors (Lipinski definition) is 2. The van der Waals surface area contributed by atoms with Crippen LogP contribution in [0.5, 0.6) is 0 Å². The second kappa shape index (κ2) is 9.86. The molecule has 1 aliphatic heterocycles. The summed E-state index contributed by atoms with van der Waals surface area (Å²) in [5.41, 5.74) is 2.48. The van der Waals surface area contributed by atoms with Crippen LogP contribution in [0, 0.1) is 12.8 Å². The molecule has 0 radical (unpaired) electrons. The molecule has 1 unspecified atom stereocenters. The van der Waals surface area contributed by atoms with Gasteiger partial charge in [-0.2, -0.15) is 0 Å². The molecule has 5 nitrogen and oxygen atoms in total. The lowest BCUT2D eigenvalue weighted by molar-refractivity contribution is -0.133. The molecular formula is C18H29IN4O. The van der Waals surface area contributed by atoms with Crippen molar-refractivity contribution in [3.63, 3.8) is 0 Å². The minimum Gasteiger partial charge on any atom is -0.352 e. The third kappa shape index (κ3) is 5.96. The highest BCUT2D eigenvalue weighted by molar-refractivity contribution is 14.0. The van der Waals surface area contributed by atoms with Gasteiger partial charge in [0.2, 0.25) is 5.91 Å². The zero-order valence-electron chi connectivity index (χ0n) is 15.0. The number of likely N-dealkylation sites (tertiary alicyclic amines) is 1. The summed E-state index contributed by atoms with van der Waals surface area (Å²) in [4.78, 5) is 18.3. The lowest BCUT2D eigenvalue weighted by Gasteiger charge is -2.20. The number of nitrogens with zero attached hydrogens (tertiary/aromatic N) is 2. The standard InChI is InChI=1S/C18H28N4O.HI/c1-13(2)17(23)22-10-9-16(12-22)21-18(19-4)20-11-15-7-5-14(3)6-8-15;/h5-8,13,16H,9-12H2,1-4H3,(H2,19,20,21);1H. The molecule has 1 aromatic carbocycles. The summed E-state index contributed by atoms with van der Waals surface area (Å²) in [6.07, 6.45) is 0.962. The molecule has 1 amide bonds. The van der Waals surface area contributed by atoms with E-state index in [9.17, 15) is 4.79 Å². The molecule has 1 aromatic rings. The first kappa shape index (κ1) is 20.7. The van der Waals surface area contributed by atoms with Gasteiger partial charge in [0.15, 0.2) is 5.96 Å². The zero-order chi connectivity index (χ0) is 16.8. The number of halogens is 1. The van der Waals surface area contributed by atoms with Crippen molar-refractivity contribution in [1.29, 1.82) is 0 Å². The van der Waals surface area contributed by atoms with Crippen molar-refractivity contribution in [3.05, 3.63) is 35.4 Å². The fourth-order valence-electron chi connectivity index (χ4n) is 2.72. The van der Waals surface area contributed by atoms with Gasteiger partial charge >= 0.3 is 0 Å². The molecule has 1 aliphatic rings. The van der Waals surface area contributed by atoms with E-state index in [2.05, 4.69) is 46.8 Å². The van der Waals surface area contributed by atoms with E-state index >= 15 is 0 Å². The van der Waals surface area contributed by atoms with E-state index in [1.807, 2.05) is 18.7 Å². The van der Waals surface area contributed by atoms with E-state index < -0.39 is 0 Å². The van der Waals surface area contributed by atoms with E-state index in [0.29, 0.717) is 0 Å². The molecule has 1 atom stereocenters. The average molecular weight is 444 g/mol. The Kier molecular flexibility index (Phi) is 8.52. The van der Waals surface area contributed by atoms with E-state index in [1.54, 1.807) is 7.05 Å². The van der Waals surface area contributed by atoms with Gasteiger partial charge in [0.1, 0.15) is 0 Å². The maximum absolute atomic E-state index is 12.0. The fourth-order valence-corrected chi connectivity index (χ4v) is 2.72. The number of nitrogens with one attached hydrogen (secondary N) is 2. The smallest absolute Gasteiger partial charge is 0.225 e. The molecule has 6 heteroatoms. The highest BCUT2D eigenvalue weighted by Crippen LogP contribution is 2.12. The maximum atomic E-state index is 12.0. The van der Waals surface area contributed by atoms with Crippen LogP contribution in [0.4, 0.5) is 0 Å². The Labute approximate surface area is 162 Å². The highest BCUT2D eigenvalue weighted by Gasteiger charge is 2.27. The van der Waals surface area contributed by atoms with Gasteiger partial charge in [-0.05, 0) is 18.9 Å². The van der Waals surface area contributed by atoms with Gasteiger partial charge in [-0.25, -0.2) is 0 Å². The largest absolute Gasteiger partial charge is 0.352 e. The Balaban J connectivity index is 0.00000288. The molecular weight excluding hydrogens is 415 g/mol. The van der Waals surface area contributed by atoms with E-state index in [-0.39, 0.29) is 41.8 Å². The van der Waals surface area contributed by atoms with Crippen LogP contribution in [0.3, 0.4) is 0 Å². The number of guanidine groups is 1. The van der Waals surface area contributed by atoms with Crippen molar-refractivity contribution < 1.29 is 4.79 Å². The lowest BCUT2D eigenvalue weighted by Crippen LogP contribution is -2.45. The topological polar surface area (TPSA) is 56.7 Å². The Hall–Kier alpha value is -1.31. The quantitative estimate of drug-likeness (QED) is 0.427. The van der Waals surface area contributed by atoms with Crippen molar-refractivity contribution >= 4 is 35.8 Å². The van der Waals surface area contributed by atoms with E-state index in [4.69, 9.17) is 0 Å². The van der Waals surface area contributed by atoms with Gasteiger partial charge in [-0.3, -0.25) is 9.79 Å². The summed E-state index contributed by atoms with van der Waals surface area (Å²) >= 11 is 0. The maximum Gasteiger partial charge on any atom is 0.225 e. The summed E-state index contributed by atoms with van der Waals surface area (Å²) < 4.78 is 0. The monoisotopic (exact) mass is 444 g/mol. The first-order valence-electron chi connectivity index (χ1n) is 8.31. The fraction of sp³-hybridized carbons (Fsp3) is 0.556. The Morgan fingerprint density at radius 1 is 1.33 bits per heavy atom. The highest BCUT2D eigenvalue weighted by atomic mass is 127. The molecule has 0 aromatic heterocycles. The number of carbonyl (C=O) groups is 1. The Morgan fingerprint density at radius 3 is 2.58 bits per heavy atom. The normalized spacial score (nSPS) is 17.6. The van der Waals surface area contributed by atoms with Crippen LogP contribution in [0.15, 0.2) is 29.3 Å². The second-order valence-electron chi connectivity index (χ2n) is 6.48. The van der Waals surface area contributed by atoms with Crippen molar-refractivity contribution in [2.75, 3.05) is 20.1 Å². The summed E-state index contributed by atoms with van der Waals surface area (Å²) in [5, 5.41) is 6.75. The third-order valence-electron chi connectivity index (χ3n) is 4.14. The summed E-state index contributed by atoms with van der Waals surface area (Å²) in [6, 6.07) is 8.73. The Morgan fingerprint density at radius 2 is 2.00 bits per heavy atom. The summed E-state index contributed by atoms with van der Waals surface area (Å²) in [7, 11) is 1.77. The number of aliphatic imine (C=N–C) groups is 1. The Bertz CT molecular complexity index is 557. The van der Waals surface area contributed by atoms with Gasteiger partial charge in [0.25, 0.3) is 0 Å². The minimum atomic E-state index is 0. The molecule has 2 rings (SSSR count). The van der Waals surface area contributed by atoms with Gasteiger partial charge in [-0.15, -0.1) is 24.0 Å². The van der Waals surface area contributed by atoms with Crippen LogP contribution < -0.4 is 10.6 Å². The van der Waals surface area contributed by atoms with Gasteiger partial charge in [0.05, 0.1) is 0 Å². The molecule has 1 saturated heterocycles. The van der Waals surface area contributed by atoms with Crippen LogP contribution >= 0.6 is 24.0 Å². The van der Waals surface area contributed by atoms with E-state index in [0.717, 1.165) is 32.0 Å². The molecule has 0 aliphatic carbocycles. The van der Waals surface area contributed by atoms with Crippen LogP contribution in [0.2, 0.25) is 0 Å². The molecule has 0 bridgehead atoms. The predicted molar refractivity (Wildman–Crippen MR) is 110 cm³/mol. The lowest BCUT2D eigenvalue weighted by atomic mass is 10.1. The number of aryl methyl sites for hydroxylation is 1. The van der Waals surface area contributed by atoms with Crippen molar-refractivity contribution in [3.8, 4) is 0 Å². The van der Waals surface area contributed by atoms with Crippen LogP contribution in [0.25, 0.3) is 0 Å². The SMILES string of the molecule is CN=C(NCc1ccc(C)cc1)NC1CCN(C(=O)C(C)C)C1.I. The van der Waals surface area contributed by atoms with Gasteiger partial charge < -0.3 is 15.5 Å². The first-order chi connectivity index (χ1) is 11.0. The third-order valence-corrected chi connectivity index (χ3v) is 4.14. The van der Waals surface area contributed by atoms with Gasteiger partial charge in [-0.1, -0.05) is 43.7 Å². The number of carbonyl (C=O) groups excluding carboxylic acids is 1. The predicted octanol–water partition coefficient (Wildman–Crippen LogP) is 2.53. The van der Waals surface area contributed by atoms with E-state index in [1.165, 1.54) is 11.1 Å². The van der Waals surface area contributed by atoms with Crippen LogP contribution in [0.1, 0.15) is 31.4 Å². The average Bonchev–Trinajstić information content (AvgIpc) is 3.00. The number of hydrogen-bond donors (Lipinski definition) is 2. The summed E-state index contributed by atoms with van der Waals surface area (Å²) in [6.45, 7) is 8.30. The van der Waals surface area contributed by atoms with Crippen LogP contribution in [-0.2, 0) is 11.3 Å². The molecule has 24 heavy (non-hydrogen) atoms. The number of amides is 1. The van der Waals surface area contributed by atoms with Crippen molar-refractivity contribution in [1.82, 2.24) is 15.5 Å². The molecule has 2 N–H and O–H groups in total. The zero-order valence-corrected chi connectivity index (χ0v) is 17.3. The minimum absolute atomic E-state index is 0.